The number of aryl methyl sites for hydroxylation is 2. The first-order chi connectivity index (χ1) is 47.3. The lowest BCUT2D eigenvalue weighted by molar-refractivity contribution is -0.141. The van der Waals surface area contributed by atoms with Crippen LogP contribution in [0.5, 0.6) is 28.7 Å². The molecule has 5 aromatic carbocycles. The first-order valence-corrected chi connectivity index (χ1v) is 36.3. The van der Waals surface area contributed by atoms with Gasteiger partial charge in [0, 0.05) is 0 Å². The van der Waals surface area contributed by atoms with Gasteiger partial charge in [0.25, 0.3) is 0 Å². The summed E-state index contributed by atoms with van der Waals surface area (Å²) in [5.74, 6) is 1.20. The minimum Gasteiger partial charge on any atom is -0.492 e. The van der Waals surface area contributed by atoms with E-state index >= 15 is 0 Å². The van der Waals surface area contributed by atoms with Crippen molar-refractivity contribution in [3.63, 3.8) is 0 Å². The van der Waals surface area contributed by atoms with Crippen LogP contribution in [0.25, 0.3) is 11.1 Å². The second-order valence-electron chi connectivity index (χ2n) is 26.0. The predicted octanol–water partition coefficient (Wildman–Crippen LogP) is 21.3. The fourth-order valence-electron chi connectivity index (χ4n) is 12.7. The van der Waals surface area contributed by atoms with Crippen molar-refractivity contribution in [2.45, 2.75) is 247 Å². The topological polar surface area (TPSA) is 240 Å². The van der Waals surface area contributed by atoms with Gasteiger partial charge in [-0.15, -0.1) is 0 Å². The maximum atomic E-state index is 12.8. The molecule has 0 radical (unpaired) electrons. The maximum absolute atomic E-state index is 12.8. The molecule has 514 valence electrons. The highest BCUT2D eigenvalue weighted by molar-refractivity contribution is 5.92. The molecular formula is C83H104N6O8. The molecule has 0 aliphatic heterocycles. The van der Waals surface area contributed by atoms with Crippen LogP contribution in [-0.2, 0) is 16.0 Å². The summed E-state index contributed by atoms with van der Waals surface area (Å²) in [6, 6.07) is 37.6. The molecule has 14 nitrogen and oxygen atoms in total. The van der Waals surface area contributed by atoms with E-state index in [4.69, 9.17) is 23.7 Å². The Hall–Kier alpha value is -8.95. The standard InChI is InChI=1S/C29H28N2O2.C28H40N2O3.C26H36N2O3/c1-3-4-5-6-7-8-22-10-12-23(13-11-22)24-14-16-25(17-15-24)29(32)33-28-18-9-21(2)26(19-30)27(28)20-31;1-3-5-7-8-9-11-19-32-26-17-18-27(25(21-30)24(26)20-29)33-28(31)23-15-13-22(14-16-23)12-10-6-4-2;1-3-5-7-9-17-30-24-15-16-25(23(19-28)22(24)18-27)31-26(29)21-13-11-20(12-14-21)10-8-6-4-2/h9-18H,3-8H2,1-2H3;17-18,22-23H,3-16,19H2,1-2H3;15-16,20-21H,3-14,17H2,1-2H3. The number of carbonyl (C=O) groups is 3. The van der Waals surface area contributed by atoms with Crippen LogP contribution in [0.3, 0.4) is 0 Å². The zero-order valence-corrected chi connectivity index (χ0v) is 58.9. The van der Waals surface area contributed by atoms with E-state index in [0.29, 0.717) is 47.7 Å². The number of ether oxygens (including phenoxy) is 5. The number of hydrogen-bond donors (Lipinski definition) is 0. The summed E-state index contributed by atoms with van der Waals surface area (Å²) < 4.78 is 28.2. The van der Waals surface area contributed by atoms with Crippen LogP contribution in [0.1, 0.15) is 289 Å². The Labute approximate surface area is 579 Å². The van der Waals surface area contributed by atoms with Crippen LogP contribution < -0.4 is 23.7 Å². The Morgan fingerprint density at radius 1 is 0.361 bits per heavy atom. The minimum atomic E-state index is -0.566. The molecule has 2 fully saturated rings. The van der Waals surface area contributed by atoms with Gasteiger partial charge in [-0.25, -0.2) is 4.79 Å². The first-order valence-electron chi connectivity index (χ1n) is 36.3. The monoisotopic (exact) mass is 1310 g/mol. The van der Waals surface area contributed by atoms with Gasteiger partial charge in [0.05, 0.1) is 36.2 Å². The third-order valence-electron chi connectivity index (χ3n) is 18.7. The SMILES string of the molecule is CCCCCCCCOc1ccc(OC(=O)C2CCC(CCCCC)CC2)c(C#N)c1C#N.CCCCCCCc1ccc(-c2ccc(C(=O)Oc3ccc(C)c(C#N)c3C#N)cc2)cc1.CCCCCCOc1ccc(OC(=O)C2CCC(CCCCC)CC2)c(C#N)c1C#N. The molecule has 0 N–H and O–H groups in total. The molecule has 0 unspecified atom stereocenters. The number of nitriles is 6. The van der Waals surface area contributed by atoms with E-state index in [0.717, 1.165) is 107 Å². The molecule has 0 amide bonds. The third kappa shape index (κ3) is 26.2. The predicted molar refractivity (Wildman–Crippen MR) is 381 cm³/mol. The van der Waals surface area contributed by atoms with Crippen LogP contribution in [0.4, 0.5) is 0 Å². The van der Waals surface area contributed by atoms with Crippen LogP contribution >= 0.6 is 0 Å². The van der Waals surface area contributed by atoms with Gasteiger partial charge in [0.1, 0.15) is 93.0 Å². The summed E-state index contributed by atoms with van der Waals surface area (Å²) in [5, 5.41) is 57.2. The maximum Gasteiger partial charge on any atom is 0.343 e. The number of unbranched alkanes of at least 4 members (excludes halogenated alkanes) is 16. The molecule has 14 heteroatoms. The van der Waals surface area contributed by atoms with Crippen molar-refractivity contribution in [1.82, 2.24) is 0 Å². The Bertz CT molecular complexity index is 3500. The van der Waals surface area contributed by atoms with Gasteiger partial charge in [-0.05, 0) is 161 Å². The first kappa shape index (κ1) is 78.7. The zero-order valence-electron chi connectivity index (χ0n) is 58.9. The molecule has 2 saturated carbocycles. The highest BCUT2D eigenvalue weighted by Crippen LogP contribution is 2.38. The normalized spacial score (nSPS) is 15.3. The lowest BCUT2D eigenvalue weighted by atomic mass is 9.80. The van der Waals surface area contributed by atoms with Crippen molar-refractivity contribution in [2.75, 3.05) is 13.2 Å². The molecule has 5 aromatic rings. The van der Waals surface area contributed by atoms with Crippen molar-refractivity contribution >= 4 is 17.9 Å². The summed E-state index contributed by atoms with van der Waals surface area (Å²) in [5.41, 5.74) is 5.25. The molecule has 0 atom stereocenters. The summed E-state index contributed by atoms with van der Waals surface area (Å²) in [6.07, 6.45) is 36.3. The summed E-state index contributed by atoms with van der Waals surface area (Å²) >= 11 is 0. The van der Waals surface area contributed by atoms with E-state index in [1.165, 1.54) is 115 Å². The summed E-state index contributed by atoms with van der Waals surface area (Å²) in [7, 11) is 0. The lowest BCUT2D eigenvalue weighted by Gasteiger charge is -2.27. The van der Waals surface area contributed by atoms with Crippen molar-refractivity contribution in [3.05, 3.63) is 135 Å². The zero-order chi connectivity index (χ0) is 70.0. The Morgan fingerprint density at radius 3 is 1.11 bits per heavy atom. The van der Waals surface area contributed by atoms with Crippen LogP contribution in [0.15, 0.2) is 84.9 Å². The molecule has 2 aliphatic carbocycles. The Morgan fingerprint density at radius 2 is 0.691 bits per heavy atom. The van der Waals surface area contributed by atoms with E-state index in [1.54, 1.807) is 55.5 Å². The number of hydrogen-bond acceptors (Lipinski definition) is 14. The van der Waals surface area contributed by atoms with Gasteiger partial charge in [-0.3, -0.25) is 9.59 Å². The Balaban J connectivity index is 0.000000263. The lowest BCUT2D eigenvalue weighted by Crippen LogP contribution is -2.26. The second-order valence-corrected chi connectivity index (χ2v) is 26.0. The average Bonchev–Trinajstić information content (AvgIpc) is 0.840. The highest BCUT2D eigenvalue weighted by atomic mass is 16.5. The van der Waals surface area contributed by atoms with Crippen molar-refractivity contribution in [2.24, 2.45) is 23.7 Å². The van der Waals surface area contributed by atoms with E-state index < -0.39 is 5.97 Å². The third-order valence-corrected chi connectivity index (χ3v) is 18.7. The fourth-order valence-corrected chi connectivity index (χ4v) is 12.7. The Kier molecular flexibility index (Phi) is 36.9. The van der Waals surface area contributed by atoms with Gasteiger partial charge in [-0.1, -0.05) is 205 Å². The van der Waals surface area contributed by atoms with Crippen LogP contribution in [0, 0.1) is 98.6 Å². The molecule has 97 heavy (non-hydrogen) atoms. The number of benzene rings is 5. The summed E-state index contributed by atoms with van der Waals surface area (Å²) in [6.45, 7) is 13.7. The van der Waals surface area contributed by atoms with Gasteiger partial charge >= 0.3 is 17.9 Å². The molecule has 2 aliphatic rings. The molecule has 0 spiro atoms. The smallest absolute Gasteiger partial charge is 0.343 e. The number of carbonyl (C=O) groups excluding carboxylic acids is 3. The minimum absolute atomic E-state index is 0.0768. The van der Waals surface area contributed by atoms with Gasteiger partial charge in [0.15, 0.2) is 0 Å². The van der Waals surface area contributed by atoms with Gasteiger partial charge in [0.2, 0.25) is 0 Å². The van der Waals surface area contributed by atoms with E-state index in [-0.39, 0.29) is 74.4 Å². The van der Waals surface area contributed by atoms with Gasteiger partial charge in [-0.2, -0.15) is 31.6 Å². The van der Waals surface area contributed by atoms with E-state index in [1.807, 2.05) is 36.4 Å². The van der Waals surface area contributed by atoms with Crippen LogP contribution in [-0.4, -0.2) is 31.1 Å². The molecule has 0 heterocycles. The summed E-state index contributed by atoms with van der Waals surface area (Å²) in [4.78, 5) is 38.1. The van der Waals surface area contributed by atoms with Crippen molar-refractivity contribution < 1.29 is 38.1 Å². The van der Waals surface area contributed by atoms with E-state index in [9.17, 15) is 46.0 Å². The number of esters is 3. The largest absolute Gasteiger partial charge is 0.492 e. The van der Waals surface area contributed by atoms with Crippen molar-refractivity contribution in [1.29, 1.82) is 31.6 Å². The van der Waals surface area contributed by atoms with Crippen LogP contribution in [0.2, 0.25) is 0 Å². The average molecular weight is 1310 g/mol. The quantitative estimate of drug-likeness (QED) is 0.0208. The molecule has 0 aromatic heterocycles. The van der Waals surface area contributed by atoms with E-state index in [2.05, 4.69) is 71.0 Å². The van der Waals surface area contributed by atoms with Gasteiger partial charge < -0.3 is 23.7 Å². The molecule has 0 saturated heterocycles. The molecule has 7 rings (SSSR count). The molecular weight excluding hydrogens is 1210 g/mol. The number of rotatable bonds is 35. The highest BCUT2D eigenvalue weighted by Gasteiger charge is 2.31. The van der Waals surface area contributed by atoms with Crippen molar-refractivity contribution in [3.8, 4) is 76.3 Å². The second kappa shape index (κ2) is 45.5. The fraction of sp³-hybridized carbons (Fsp3) is 0.530. The number of nitrogens with zero attached hydrogens (tertiary/aromatic N) is 6. The molecule has 0 bridgehead atoms.